The number of anilines is 2. The average Bonchev–Trinajstić information content (AvgIpc) is 3.53. The van der Waals surface area contributed by atoms with Crippen molar-refractivity contribution in [3.8, 4) is 17.2 Å². The Labute approximate surface area is 223 Å². The number of morpholine rings is 1. The topological polar surface area (TPSA) is 101 Å². The van der Waals surface area contributed by atoms with E-state index in [1.165, 1.54) is 6.07 Å². The lowest BCUT2D eigenvalue weighted by molar-refractivity contribution is 0.0103. The highest BCUT2D eigenvalue weighted by Gasteiger charge is 2.35. The van der Waals surface area contributed by atoms with Crippen LogP contribution in [-0.2, 0) is 29.1 Å². The van der Waals surface area contributed by atoms with Gasteiger partial charge in [-0.25, -0.2) is 14.4 Å². The van der Waals surface area contributed by atoms with E-state index in [1.54, 1.807) is 6.07 Å². The van der Waals surface area contributed by atoms with Crippen LogP contribution in [0.2, 0.25) is 0 Å². The van der Waals surface area contributed by atoms with Crippen LogP contribution in [0.25, 0.3) is 32.1 Å². The van der Waals surface area contributed by atoms with Crippen molar-refractivity contribution in [1.82, 2.24) is 14.9 Å². The smallest absolute Gasteiger partial charge is 0.225 e. The number of thiophene rings is 1. The highest BCUT2D eigenvalue weighted by atomic mass is 32.1. The van der Waals surface area contributed by atoms with Crippen LogP contribution in [0.15, 0.2) is 18.3 Å². The number of hydrogen-bond donors (Lipinski definition) is 1. The third-order valence-electron chi connectivity index (χ3n) is 8.11. The fourth-order valence-electron chi connectivity index (χ4n) is 6.14. The number of ether oxygens (including phenoxy) is 2. The standard InChI is InChI=1S/C28H27FN6O2S/c1-2-16-23(17-3-4-22(29)26-24(17)18(9-30)27(31)38-26)21-14-37-13-20(21)19-10-32-28(33-25(16)19)35-11-15(12-35)34-5-7-36-8-6-34/h3-4,10,15H,2,5-8,11-14,31H2,1H3. The molecule has 0 amide bonds. The van der Waals surface area contributed by atoms with E-state index < -0.39 is 0 Å². The number of nitrogen functional groups attached to an aromatic ring is 1. The van der Waals surface area contributed by atoms with Crippen LogP contribution in [0, 0.1) is 17.1 Å². The van der Waals surface area contributed by atoms with Gasteiger partial charge in [-0.15, -0.1) is 11.3 Å². The van der Waals surface area contributed by atoms with Gasteiger partial charge in [-0.05, 0) is 40.3 Å². The summed E-state index contributed by atoms with van der Waals surface area (Å²) < 4.78 is 26.7. The molecular formula is C28H27FN6O2S. The summed E-state index contributed by atoms with van der Waals surface area (Å²) in [6, 6.07) is 5.95. The SMILES string of the molecule is CCc1c(-c2ccc(F)c3sc(N)c(C#N)c23)c2c(c3cnc(N4CC(N5CCOCC5)C4)nc13)COC2. The number of rotatable bonds is 4. The Morgan fingerprint density at radius 2 is 1.97 bits per heavy atom. The van der Waals surface area contributed by atoms with Crippen LogP contribution in [0.3, 0.4) is 0 Å². The minimum Gasteiger partial charge on any atom is -0.389 e. The molecule has 0 aliphatic carbocycles. The molecule has 8 nitrogen and oxygen atoms in total. The number of nitrogens with two attached hydrogens (primary N) is 1. The van der Waals surface area contributed by atoms with E-state index in [0.717, 1.165) is 95.4 Å². The quantitative estimate of drug-likeness (QED) is 0.419. The molecular weight excluding hydrogens is 503 g/mol. The summed E-state index contributed by atoms with van der Waals surface area (Å²) in [5.74, 6) is 0.356. The molecule has 0 atom stereocenters. The second-order valence-corrected chi connectivity index (χ2v) is 11.1. The lowest BCUT2D eigenvalue weighted by Gasteiger charge is -2.46. The van der Waals surface area contributed by atoms with E-state index >= 15 is 0 Å². The van der Waals surface area contributed by atoms with Crippen molar-refractivity contribution in [3.63, 3.8) is 0 Å². The normalized spacial score (nSPS) is 18.2. The summed E-state index contributed by atoms with van der Waals surface area (Å²) in [6.45, 7) is 8.33. The first-order chi connectivity index (χ1) is 18.6. The Morgan fingerprint density at radius 3 is 2.74 bits per heavy atom. The van der Waals surface area contributed by atoms with Crippen molar-refractivity contribution in [3.05, 3.63) is 46.4 Å². The van der Waals surface area contributed by atoms with Gasteiger partial charge in [-0.1, -0.05) is 13.0 Å². The number of halogens is 1. The Bertz CT molecular complexity index is 1630. The monoisotopic (exact) mass is 530 g/mol. The van der Waals surface area contributed by atoms with Crippen LogP contribution < -0.4 is 10.6 Å². The van der Waals surface area contributed by atoms with Crippen molar-refractivity contribution in [2.24, 2.45) is 0 Å². The van der Waals surface area contributed by atoms with Gasteiger partial charge in [-0.2, -0.15) is 5.26 Å². The molecule has 7 rings (SSSR count). The number of hydrogen-bond acceptors (Lipinski definition) is 9. The van der Waals surface area contributed by atoms with Crippen molar-refractivity contribution >= 4 is 43.3 Å². The number of nitrogens with zero attached hydrogens (tertiary/aromatic N) is 5. The van der Waals surface area contributed by atoms with E-state index in [0.29, 0.717) is 46.3 Å². The number of aryl methyl sites for hydroxylation is 1. The molecule has 10 heteroatoms. The maximum atomic E-state index is 14.9. The van der Waals surface area contributed by atoms with Gasteiger partial charge in [-0.3, -0.25) is 4.90 Å². The molecule has 4 aromatic rings. The third kappa shape index (κ3) is 3.50. The van der Waals surface area contributed by atoms with Crippen molar-refractivity contribution < 1.29 is 13.9 Å². The molecule has 2 fully saturated rings. The minimum atomic E-state index is -0.370. The maximum absolute atomic E-state index is 14.9. The van der Waals surface area contributed by atoms with Gasteiger partial charge in [0.2, 0.25) is 5.95 Å². The van der Waals surface area contributed by atoms with Crippen LogP contribution in [0.1, 0.15) is 29.2 Å². The van der Waals surface area contributed by atoms with Gasteiger partial charge in [0, 0.05) is 49.2 Å². The summed E-state index contributed by atoms with van der Waals surface area (Å²) in [6.07, 6.45) is 2.64. The molecule has 3 aliphatic heterocycles. The second kappa shape index (κ2) is 9.13. The van der Waals surface area contributed by atoms with Crippen molar-refractivity contribution in [2.75, 3.05) is 50.0 Å². The fourth-order valence-corrected chi connectivity index (χ4v) is 7.09. The first kappa shape index (κ1) is 23.7. The van der Waals surface area contributed by atoms with Crippen molar-refractivity contribution in [2.45, 2.75) is 32.6 Å². The highest BCUT2D eigenvalue weighted by molar-refractivity contribution is 7.23. The van der Waals surface area contributed by atoms with Crippen LogP contribution >= 0.6 is 11.3 Å². The Balaban J connectivity index is 1.38. The van der Waals surface area contributed by atoms with Gasteiger partial charge in [0.05, 0.1) is 42.2 Å². The zero-order valence-electron chi connectivity index (χ0n) is 21.1. The molecule has 0 spiro atoms. The summed E-state index contributed by atoms with van der Waals surface area (Å²) in [7, 11) is 0. The average molecular weight is 531 g/mol. The van der Waals surface area contributed by atoms with E-state index in [9.17, 15) is 9.65 Å². The zero-order chi connectivity index (χ0) is 26.0. The second-order valence-electron chi connectivity index (χ2n) is 10.0. The predicted octanol–water partition coefficient (Wildman–Crippen LogP) is 4.22. The van der Waals surface area contributed by atoms with Gasteiger partial charge in [0.25, 0.3) is 0 Å². The first-order valence-corrected chi connectivity index (χ1v) is 13.8. The van der Waals surface area contributed by atoms with Gasteiger partial charge < -0.3 is 20.1 Å². The fraction of sp³-hybridized carbons (Fsp3) is 0.393. The summed E-state index contributed by atoms with van der Waals surface area (Å²) in [5, 5.41) is 11.8. The van der Waals surface area contributed by atoms with Crippen LogP contribution in [0.5, 0.6) is 0 Å². The molecule has 2 saturated heterocycles. The molecule has 2 aromatic heterocycles. The van der Waals surface area contributed by atoms with E-state index in [1.807, 2.05) is 6.20 Å². The van der Waals surface area contributed by atoms with Crippen LogP contribution in [0.4, 0.5) is 15.3 Å². The maximum Gasteiger partial charge on any atom is 0.225 e. The summed E-state index contributed by atoms with van der Waals surface area (Å²) in [5.41, 5.74) is 12.3. The molecule has 5 heterocycles. The summed E-state index contributed by atoms with van der Waals surface area (Å²) >= 11 is 1.12. The number of nitriles is 1. The largest absolute Gasteiger partial charge is 0.389 e. The molecule has 0 bridgehead atoms. The third-order valence-corrected chi connectivity index (χ3v) is 9.13. The lowest BCUT2D eigenvalue weighted by atomic mass is 9.86. The summed E-state index contributed by atoms with van der Waals surface area (Å²) in [4.78, 5) is 14.6. The number of aromatic nitrogens is 2. The van der Waals surface area contributed by atoms with E-state index in [2.05, 4.69) is 22.8 Å². The first-order valence-electron chi connectivity index (χ1n) is 13.0. The Hall–Kier alpha value is -3.36. The zero-order valence-corrected chi connectivity index (χ0v) is 21.9. The molecule has 194 valence electrons. The number of benzene rings is 2. The van der Waals surface area contributed by atoms with E-state index in [-0.39, 0.29) is 5.82 Å². The number of fused-ring (bicyclic) bond motifs is 4. The molecule has 2 aromatic carbocycles. The van der Waals surface area contributed by atoms with Crippen LogP contribution in [-0.4, -0.2) is 60.3 Å². The molecule has 38 heavy (non-hydrogen) atoms. The molecule has 0 unspecified atom stereocenters. The molecule has 0 radical (unpaired) electrons. The minimum absolute atomic E-state index is 0.326. The van der Waals surface area contributed by atoms with Gasteiger partial charge in [0.15, 0.2) is 0 Å². The van der Waals surface area contributed by atoms with Gasteiger partial charge in [0.1, 0.15) is 16.9 Å². The molecule has 0 saturated carbocycles. The molecule has 2 N–H and O–H groups in total. The Morgan fingerprint density at radius 1 is 1.18 bits per heavy atom. The van der Waals surface area contributed by atoms with Gasteiger partial charge >= 0.3 is 0 Å². The lowest BCUT2D eigenvalue weighted by Crippen LogP contribution is -2.62. The van der Waals surface area contributed by atoms with E-state index in [4.69, 9.17) is 25.2 Å². The Kier molecular flexibility index (Phi) is 5.70. The molecule has 3 aliphatic rings. The highest BCUT2D eigenvalue weighted by Crippen LogP contribution is 2.46. The van der Waals surface area contributed by atoms with Crippen molar-refractivity contribution in [1.29, 1.82) is 5.26 Å². The predicted molar refractivity (Wildman–Crippen MR) is 146 cm³/mol.